The molecule has 0 aromatic rings. The molecule has 7 heteroatoms. The molecule has 2 N–H and O–H groups in total. The molecule has 0 bridgehead atoms. The van der Waals surface area contributed by atoms with E-state index in [0.29, 0.717) is 25.6 Å². The minimum absolute atomic E-state index is 0.00498. The van der Waals surface area contributed by atoms with Crippen LogP contribution in [0.2, 0.25) is 0 Å². The molecule has 1 saturated heterocycles. The third kappa shape index (κ3) is 4.91. The molecule has 1 unspecified atom stereocenters. The largest absolute Gasteiger partial charge is 0.481 e. The Morgan fingerprint density at radius 1 is 1.29 bits per heavy atom. The Morgan fingerprint density at radius 3 is 2.33 bits per heavy atom. The molecule has 1 rings (SSSR count). The fourth-order valence-corrected chi connectivity index (χ4v) is 2.09. The molecule has 0 spiro atoms. The molecule has 1 aliphatic heterocycles. The van der Waals surface area contributed by atoms with E-state index in [9.17, 15) is 14.4 Å². The number of nitrogens with zero attached hydrogens (tertiary/aromatic N) is 2. The van der Waals surface area contributed by atoms with E-state index in [2.05, 4.69) is 5.32 Å². The zero-order valence-electron chi connectivity index (χ0n) is 13.1. The van der Waals surface area contributed by atoms with Crippen molar-refractivity contribution in [2.45, 2.75) is 20.8 Å². The van der Waals surface area contributed by atoms with E-state index >= 15 is 0 Å². The molecule has 0 aromatic heterocycles. The molecule has 0 radical (unpaired) electrons. The standard InChI is InChI=1S/C14H25N3O4/c1-9(2)5-15-12(18)8-16(4)14(21)17-6-11(7-17)10(3)13(19)20/h9-11H,5-8H2,1-4H3,(H,15,18)(H,19,20). The Balaban J connectivity index is 2.33. The zero-order chi connectivity index (χ0) is 16.2. The van der Waals surface area contributed by atoms with Crippen LogP contribution in [0, 0.1) is 17.8 Å². The van der Waals surface area contributed by atoms with Crippen LogP contribution in [0.25, 0.3) is 0 Å². The minimum atomic E-state index is -0.839. The smallest absolute Gasteiger partial charge is 0.320 e. The summed E-state index contributed by atoms with van der Waals surface area (Å²) < 4.78 is 0. The number of likely N-dealkylation sites (tertiary alicyclic amines) is 1. The van der Waals surface area contributed by atoms with Crippen molar-refractivity contribution in [2.75, 3.05) is 33.2 Å². The van der Waals surface area contributed by atoms with Crippen LogP contribution in [0.1, 0.15) is 20.8 Å². The first-order valence-electron chi connectivity index (χ1n) is 7.22. The summed E-state index contributed by atoms with van der Waals surface area (Å²) in [6.07, 6.45) is 0. The van der Waals surface area contributed by atoms with E-state index in [-0.39, 0.29) is 24.4 Å². The van der Waals surface area contributed by atoms with E-state index in [1.54, 1.807) is 18.9 Å². The molecule has 120 valence electrons. The maximum atomic E-state index is 12.1. The zero-order valence-corrected chi connectivity index (χ0v) is 13.1. The number of carboxylic acid groups (broad SMARTS) is 1. The van der Waals surface area contributed by atoms with Crippen LogP contribution in [0.4, 0.5) is 4.79 Å². The van der Waals surface area contributed by atoms with E-state index in [0.717, 1.165) is 0 Å². The van der Waals surface area contributed by atoms with Crippen LogP contribution in [-0.2, 0) is 9.59 Å². The van der Waals surface area contributed by atoms with Gasteiger partial charge in [0.15, 0.2) is 0 Å². The molecule has 3 amide bonds. The lowest BCUT2D eigenvalue weighted by atomic mass is 9.87. The van der Waals surface area contributed by atoms with Gasteiger partial charge in [0.2, 0.25) is 5.91 Å². The minimum Gasteiger partial charge on any atom is -0.481 e. The molecule has 7 nitrogen and oxygen atoms in total. The van der Waals surface area contributed by atoms with E-state index < -0.39 is 11.9 Å². The molecule has 1 aliphatic rings. The maximum absolute atomic E-state index is 12.1. The number of rotatable bonds is 6. The Labute approximate surface area is 125 Å². The van der Waals surface area contributed by atoms with Gasteiger partial charge in [0.1, 0.15) is 6.54 Å². The van der Waals surface area contributed by atoms with Crippen molar-refractivity contribution in [3.05, 3.63) is 0 Å². The highest BCUT2D eigenvalue weighted by atomic mass is 16.4. The molecule has 0 saturated carbocycles. The number of urea groups is 1. The van der Waals surface area contributed by atoms with E-state index in [1.165, 1.54) is 4.90 Å². The van der Waals surface area contributed by atoms with Gasteiger partial charge in [0.25, 0.3) is 0 Å². The first-order valence-corrected chi connectivity index (χ1v) is 7.22. The van der Waals surface area contributed by atoms with Gasteiger partial charge in [-0.25, -0.2) is 4.79 Å². The number of aliphatic carboxylic acids is 1. The lowest BCUT2D eigenvalue weighted by Gasteiger charge is -2.42. The van der Waals surface area contributed by atoms with Crippen LogP contribution in [0.3, 0.4) is 0 Å². The molecule has 0 aromatic carbocycles. The van der Waals surface area contributed by atoms with Crippen LogP contribution in [-0.4, -0.2) is 66.0 Å². The Kier molecular flexibility index (Phi) is 5.99. The van der Waals surface area contributed by atoms with Crippen molar-refractivity contribution in [2.24, 2.45) is 17.8 Å². The summed E-state index contributed by atoms with van der Waals surface area (Å²) in [7, 11) is 1.57. The fraction of sp³-hybridized carbons (Fsp3) is 0.786. The Morgan fingerprint density at radius 2 is 1.86 bits per heavy atom. The van der Waals surface area contributed by atoms with Gasteiger partial charge in [-0.2, -0.15) is 0 Å². The summed E-state index contributed by atoms with van der Waals surface area (Å²) in [5.74, 6) is -1.11. The summed E-state index contributed by atoms with van der Waals surface area (Å²) >= 11 is 0. The third-order valence-corrected chi connectivity index (χ3v) is 3.69. The average molecular weight is 299 g/mol. The van der Waals surface area contributed by atoms with Gasteiger partial charge in [-0.1, -0.05) is 20.8 Å². The predicted molar refractivity (Wildman–Crippen MR) is 77.7 cm³/mol. The summed E-state index contributed by atoms with van der Waals surface area (Å²) in [6.45, 7) is 7.12. The van der Waals surface area contributed by atoms with Gasteiger partial charge in [-0.3, -0.25) is 9.59 Å². The van der Waals surface area contributed by atoms with Crippen molar-refractivity contribution >= 4 is 17.9 Å². The second kappa shape index (κ2) is 7.28. The number of carboxylic acids is 1. The molecule has 1 heterocycles. The van der Waals surface area contributed by atoms with Crippen molar-refractivity contribution in [1.29, 1.82) is 0 Å². The maximum Gasteiger partial charge on any atom is 0.320 e. The van der Waals surface area contributed by atoms with Crippen LogP contribution < -0.4 is 5.32 Å². The number of carbonyl (C=O) groups is 3. The van der Waals surface area contributed by atoms with Crippen LogP contribution >= 0.6 is 0 Å². The van der Waals surface area contributed by atoms with Gasteiger partial charge in [-0.05, 0) is 5.92 Å². The summed E-state index contributed by atoms with van der Waals surface area (Å²) in [4.78, 5) is 37.5. The quantitative estimate of drug-likeness (QED) is 0.745. The second-order valence-corrected chi connectivity index (χ2v) is 6.13. The number of hydrogen-bond acceptors (Lipinski definition) is 3. The molecule has 21 heavy (non-hydrogen) atoms. The summed E-state index contributed by atoms with van der Waals surface area (Å²) in [5, 5.41) is 11.7. The van der Waals surface area contributed by atoms with Gasteiger partial charge in [-0.15, -0.1) is 0 Å². The molecular formula is C14H25N3O4. The molecule has 0 aliphatic carbocycles. The van der Waals surface area contributed by atoms with Crippen molar-refractivity contribution < 1.29 is 19.5 Å². The monoisotopic (exact) mass is 299 g/mol. The van der Waals surface area contributed by atoms with Gasteiger partial charge < -0.3 is 20.2 Å². The number of nitrogens with one attached hydrogen (secondary N) is 1. The predicted octanol–water partition coefficient (Wildman–Crippen LogP) is 0.463. The topological polar surface area (TPSA) is 90.0 Å². The van der Waals surface area contributed by atoms with Gasteiger partial charge >= 0.3 is 12.0 Å². The normalized spacial score (nSPS) is 16.3. The highest BCUT2D eigenvalue weighted by molar-refractivity contribution is 5.84. The number of hydrogen-bond donors (Lipinski definition) is 2. The first kappa shape index (κ1) is 17.3. The highest BCUT2D eigenvalue weighted by Gasteiger charge is 2.38. The number of carbonyl (C=O) groups excluding carboxylic acids is 2. The Bertz CT molecular complexity index is 405. The van der Waals surface area contributed by atoms with E-state index in [4.69, 9.17) is 5.11 Å². The van der Waals surface area contributed by atoms with Gasteiger partial charge in [0, 0.05) is 32.6 Å². The summed E-state index contributed by atoms with van der Waals surface area (Å²) in [6, 6.07) is -0.233. The van der Waals surface area contributed by atoms with E-state index in [1.807, 2.05) is 13.8 Å². The lowest BCUT2D eigenvalue weighted by Crippen LogP contribution is -2.57. The molecular weight excluding hydrogens is 274 g/mol. The van der Waals surface area contributed by atoms with Crippen molar-refractivity contribution in [3.63, 3.8) is 0 Å². The van der Waals surface area contributed by atoms with Crippen LogP contribution in [0.5, 0.6) is 0 Å². The van der Waals surface area contributed by atoms with Crippen LogP contribution in [0.15, 0.2) is 0 Å². The van der Waals surface area contributed by atoms with Crippen molar-refractivity contribution in [3.8, 4) is 0 Å². The average Bonchev–Trinajstić information content (AvgIpc) is 2.33. The van der Waals surface area contributed by atoms with Crippen molar-refractivity contribution in [1.82, 2.24) is 15.1 Å². The number of amides is 3. The first-order chi connectivity index (χ1) is 9.72. The lowest BCUT2D eigenvalue weighted by molar-refractivity contribution is -0.144. The number of likely N-dealkylation sites (N-methyl/N-ethyl adjacent to an activating group) is 1. The second-order valence-electron chi connectivity index (χ2n) is 6.13. The Hall–Kier alpha value is -1.79. The highest BCUT2D eigenvalue weighted by Crippen LogP contribution is 2.24. The third-order valence-electron chi connectivity index (χ3n) is 3.69. The summed E-state index contributed by atoms with van der Waals surface area (Å²) in [5.41, 5.74) is 0. The molecule has 1 atom stereocenters. The fourth-order valence-electron chi connectivity index (χ4n) is 2.09. The molecule has 1 fully saturated rings. The SMILES string of the molecule is CC(C)CNC(=O)CN(C)C(=O)N1CC(C(C)C(=O)O)C1. The van der Waals surface area contributed by atoms with Gasteiger partial charge in [0.05, 0.1) is 5.92 Å².